The number of esters is 4. The van der Waals surface area contributed by atoms with Gasteiger partial charge in [-0.2, -0.15) is 0 Å². The third kappa shape index (κ3) is 64.1. The maximum atomic E-state index is 13.0. The number of carbonyl (C=O) groups is 4. The Kier molecular flexibility index (Phi) is 61.3. The van der Waals surface area contributed by atoms with E-state index >= 15 is 0 Å². The SMILES string of the molecule is CCC(C)CCCCCCCCCCC(=O)OC[C@H](COP(=O)(O)OC[C@@H](O)COP(=O)(O)OC[C@@H](COC(=O)CCCCCCCCC(C)CC)OC(=O)CCCCCCCCCCCCCCCCCCC(C)C)OC(=O)CCCCCCCCCCC(C)C. The van der Waals surface area contributed by atoms with Gasteiger partial charge in [0.25, 0.3) is 0 Å². The van der Waals surface area contributed by atoms with Gasteiger partial charge in [-0.1, -0.05) is 312 Å². The molecule has 0 aromatic rings. The summed E-state index contributed by atoms with van der Waals surface area (Å²) in [5, 5.41) is 10.6. The van der Waals surface area contributed by atoms with Crippen molar-refractivity contribution in [3.63, 3.8) is 0 Å². The van der Waals surface area contributed by atoms with Crippen molar-refractivity contribution in [3.05, 3.63) is 0 Å². The molecular formula is C73H142O17P2. The number of unbranched alkanes of at least 4 members (excludes halogenated alkanes) is 34. The summed E-state index contributed by atoms with van der Waals surface area (Å²) >= 11 is 0. The topological polar surface area (TPSA) is 237 Å². The molecule has 546 valence electrons. The molecule has 7 atom stereocenters. The van der Waals surface area contributed by atoms with Crippen LogP contribution in [0, 0.1) is 23.7 Å². The summed E-state index contributed by atoms with van der Waals surface area (Å²) < 4.78 is 68.4. The number of phosphoric ester groups is 2. The van der Waals surface area contributed by atoms with Crippen molar-refractivity contribution in [3.8, 4) is 0 Å². The van der Waals surface area contributed by atoms with Crippen LogP contribution in [-0.4, -0.2) is 96.7 Å². The van der Waals surface area contributed by atoms with Gasteiger partial charge in [-0.15, -0.1) is 0 Å². The van der Waals surface area contributed by atoms with E-state index in [2.05, 4.69) is 55.4 Å². The minimum Gasteiger partial charge on any atom is -0.462 e. The van der Waals surface area contributed by atoms with Gasteiger partial charge in [0.2, 0.25) is 0 Å². The molecule has 0 bridgehead atoms. The van der Waals surface area contributed by atoms with Crippen molar-refractivity contribution >= 4 is 39.5 Å². The van der Waals surface area contributed by atoms with Crippen LogP contribution < -0.4 is 0 Å². The molecule has 0 radical (unpaired) electrons. The first-order valence-corrected chi connectivity index (χ1v) is 40.8. The van der Waals surface area contributed by atoms with Crippen molar-refractivity contribution in [2.75, 3.05) is 39.6 Å². The van der Waals surface area contributed by atoms with Crippen LogP contribution in [0.25, 0.3) is 0 Å². The van der Waals surface area contributed by atoms with Crippen molar-refractivity contribution in [1.82, 2.24) is 0 Å². The van der Waals surface area contributed by atoms with Gasteiger partial charge >= 0.3 is 39.5 Å². The second-order valence-electron chi connectivity index (χ2n) is 27.8. The lowest BCUT2D eigenvalue weighted by molar-refractivity contribution is -0.161. The van der Waals surface area contributed by atoms with Crippen LogP contribution >= 0.6 is 15.6 Å². The van der Waals surface area contributed by atoms with E-state index in [1.165, 1.54) is 161 Å². The molecule has 0 aliphatic carbocycles. The summed E-state index contributed by atoms with van der Waals surface area (Å²) in [6.07, 6.45) is 45.9. The first-order valence-electron chi connectivity index (χ1n) is 37.8. The molecule has 0 heterocycles. The van der Waals surface area contributed by atoms with Crippen LogP contribution in [-0.2, 0) is 65.4 Å². The van der Waals surface area contributed by atoms with E-state index in [0.717, 1.165) is 120 Å². The molecule has 0 aromatic carbocycles. The van der Waals surface area contributed by atoms with Crippen LogP contribution in [0.15, 0.2) is 0 Å². The zero-order valence-electron chi connectivity index (χ0n) is 60.2. The molecule has 0 saturated carbocycles. The Morgan fingerprint density at radius 2 is 0.522 bits per heavy atom. The molecule has 4 unspecified atom stereocenters. The van der Waals surface area contributed by atoms with Gasteiger partial charge in [0.05, 0.1) is 26.4 Å². The predicted molar refractivity (Wildman–Crippen MR) is 372 cm³/mol. The Labute approximate surface area is 562 Å². The van der Waals surface area contributed by atoms with Gasteiger partial charge in [-0.05, 0) is 49.4 Å². The number of hydrogen-bond acceptors (Lipinski definition) is 15. The maximum Gasteiger partial charge on any atom is 0.472 e. The van der Waals surface area contributed by atoms with Crippen LogP contribution in [0.1, 0.15) is 364 Å². The normalized spacial score (nSPS) is 14.8. The first kappa shape index (κ1) is 90.1. The fraction of sp³-hybridized carbons (Fsp3) is 0.945. The molecule has 0 aliphatic rings. The summed E-state index contributed by atoms with van der Waals surface area (Å²) in [6.45, 7) is 14.1. The Balaban J connectivity index is 5.22. The molecule has 0 amide bonds. The summed E-state index contributed by atoms with van der Waals surface area (Å²) in [5.41, 5.74) is 0. The molecule has 19 heteroatoms. The quantitative estimate of drug-likeness (QED) is 0.0222. The molecule has 0 fully saturated rings. The molecule has 0 rings (SSSR count). The highest BCUT2D eigenvalue weighted by molar-refractivity contribution is 7.47. The summed E-state index contributed by atoms with van der Waals surface area (Å²) in [5.74, 6) is 0.908. The summed E-state index contributed by atoms with van der Waals surface area (Å²) in [4.78, 5) is 72.6. The highest BCUT2D eigenvalue weighted by atomic mass is 31.2. The lowest BCUT2D eigenvalue weighted by Crippen LogP contribution is -2.30. The molecule has 17 nitrogen and oxygen atoms in total. The summed E-state index contributed by atoms with van der Waals surface area (Å²) in [7, 11) is -9.91. The second kappa shape index (κ2) is 62.6. The van der Waals surface area contributed by atoms with Gasteiger partial charge in [-0.25, -0.2) is 9.13 Å². The number of rotatable bonds is 70. The lowest BCUT2D eigenvalue weighted by atomic mass is 9.99. The highest BCUT2D eigenvalue weighted by Gasteiger charge is 2.30. The number of carbonyl (C=O) groups excluding carboxylic acids is 4. The van der Waals surface area contributed by atoms with Gasteiger partial charge < -0.3 is 33.8 Å². The van der Waals surface area contributed by atoms with E-state index in [0.29, 0.717) is 25.7 Å². The molecule has 0 spiro atoms. The molecule has 92 heavy (non-hydrogen) atoms. The van der Waals surface area contributed by atoms with E-state index in [-0.39, 0.29) is 25.7 Å². The highest BCUT2D eigenvalue weighted by Crippen LogP contribution is 2.45. The largest absolute Gasteiger partial charge is 0.472 e. The van der Waals surface area contributed by atoms with Crippen molar-refractivity contribution in [2.24, 2.45) is 23.7 Å². The number of hydrogen-bond donors (Lipinski definition) is 3. The van der Waals surface area contributed by atoms with Crippen molar-refractivity contribution < 1.29 is 80.2 Å². The Hall–Kier alpha value is -1.94. The number of phosphoric acid groups is 2. The molecular weight excluding hydrogens is 1210 g/mol. The van der Waals surface area contributed by atoms with Gasteiger partial charge in [0, 0.05) is 25.7 Å². The van der Waals surface area contributed by atoms with E-state index in [9.17, 15) is 43.2 Å². The van der Waals surface area contributed by atoms with E-state index < -0.39 is 97.5 Å². The molecule has 0 aromatic heterocycles. The fourth-order valence-corrected chi connectivity index (χ4v) is 12.5. The second-order valence-corrected chi connectivity index (χ2v) is 30.7. The number of ether oxygens (including phenoxy) is 4. The van der Waals surface area contributed by atoms with Crippen LogP contribution in [0.3, 0.4) is 0 Å². The Morgan fingerprint density at radius 3 is 0.772 bits per heavy atom. The minimum atomic E-state index is -4.95. The van der Waals surface area contributed by atoms with Crippen LogP contribution in [0.5, 0.6) is 0 Å². The van der Waals surface area contributed by atoms with Crippen LogP contribution in [0.4, 0.5) is 0 Å². The molecule has 3 N–H and O–H groups in total. The Bertz CT molecular complexity index is 1820. The van der Waals surface area contributed by atoms with E-state index in [1.807, 2.05) is 0 Å². The lowest BCUT2D eigenvalue weighted by Gasteiger charge is -2.21. The van der Waals surface area contributed by atoms with Gasteiger partial charge in [-0.3, -0.25) is 37.3 Å². The smallest absolute Gasteiger partial charge is 0.462 e. The standard InChI is InChI=1S/C73H142O17P2/c1-9-65(7)51-43-35-27-22-24-28-37-45-53-70(75)83-59-68(90-73(78)56-48-40-30-23-21-26-34-42-50-64(5)6)61-87-91(79,80)85-57-67(74)58-86-92(81,82)88-62-69(60-84-71(76)54-46-38-32-31-36-44-52-66(8)10-2)89-72(77)55-47-39-29-20-18-16-14-12-11-13-15-17-19-25-33-41-49-63(3)4/h63-69,74H,9-62H2,1-8H3,(H,79,80)(H,81,82)/t65?,66?,67-,68-,69-/m1/s1. The molecule has 0 saturated heterocycles. The fourth-order valence-electron chi connectivity index (χ4n) is 11.0. The van der Waals surface area contributed by atoms with Gasteiger partial charge in [0.15, 0.2) is 12.2 Å². The first-order chi connectivity index (χ1) is 44.2. The third-order valence-corrected chi connectivity index (χ3v) is 19.4. The minimum absolute atomic E-state index is 0.104. The maximum absolute atomic E-state index is 13.0. The van der Waals surface area contributed by atoms with E-state index in [1.54, 1.807) is 0 Å². The Morgan fingerprint density at radius 1 is 0.304 bits per heavy atom. The van der Waals surface area contributed by atoms with Crippen molar-refractivity contribution in [2.45, 2.75) is 382 Å². The van der Waals surface area contributed by atoms with Gasteiger partial charge in [0.1, 0.15) is 19.3 Å². The average Bonchev–Trinajstić information content (AvgIpc) is 2.65. The monoisotopic (exact) mass is 1350 g/mol. The number of aliphatic hydroxyl groups excluding tert-OH is 1. The molecule has 0 aliphatic heterocycles. The summed E-state index contributed by atoms with van der Waals surface area (Å²) in [6, 6.07) is 0. The van der Waals surface area contributed by atoms with E-state index in [4.69, 9.17) is 37.0 Å². The van der Waals surface area contributed by atoms with Crippen LogP contribution in [0.2, 0.25) is 0 Å². The predicted octanol–water partition coefficient (Wildman–Crippen LogP) is 20.9. The average molecular weight is 1350 g/mol. The number of aliphatic hydroxyl groups is 1. The zero-order valence-corrected chi connectivity index (χ0v) is 62.0. The van der Waals surface area contributed by atoms with Crippen molar-refractivity contribution in [1.29, 1.82) is 0 Å². The zero-order chi connectivity index (χ0) is 68.2. The third-order valence-electron chi connectivity index (χ3n) is 17.5.